The molecule has 0 aromatic heterocycles. The maximum absolute atomic E-state index is 11.1. The van der Waals surface area contributed by atoms with Gasteiger partial charge in [-0.3, -0.25) is 4.79 Å². The summed E-state index contributed by atoms with van der Waals surface area (Å²) in [7, 11) is 0. The van der Waals surface area contributed by atoms with Gasteiger partial charge in [-0.05, 0) is 30.0 Å². The number of carbonyl (C=O) groups excluding carboxylic acids is 1. The summed E-state index contributed by atoms with van der Waals surface area (Å²) in [5.41, 5.74) is 2.03. The summed E-state index contributed by atoms with van der Waals surface area (Å²) in [6.45, 7) is 4.45. The molecule has 80 valence electrons. The van der Waals surface area contributed by atoms with E-state index in [9.17, 15) is 4.79 Å². The molecule has 0 saturated heterocycles. The van der Waals surface area contributed by atoms with Gasteiger partial charge in [-0.25, -0.2) is 0 Å². The number of benzene rings is 1. The Morgan fingerprint density at radius 1 is 1.53 bits per heavy atom. The molecule has 3 heteroatoms. The van der Waals surface area contributed by atoms with Crippen LogP contribution >= 0.6 is 0 Å². The third-order valence-electron chi connectivity index (χ3n) is 2.82. The van der Waals surface area contributed by atoms with Crippen LogP contribution in [0.15, 0.2) is 18.2 Å². The van der Waals surface area contributed by atoms with Crippen molar-refractivity contribution >= 4 is 11.6 Å². The number of amides is 1. The normalized spacial score (nSPS) is 16.3. The first-order chi connectivity index (χ1) is 7.20. The number of ether oxygens (including phenoxy) is 1. The van der Waals surface area contributed by atoms with E-state index in [4.69, 9.17) is 4.74 Å². The summed E-state index contributed by atoms with van der Waals surface area (Å²) in [5.74, 6) is 1.19. The standard InChI is InChI=1S/C12H15NO2/c1-3-8(2)9-4-5-11-10(6-9)13-12(14)7-15-11/h4-6,8H,3,7H2,1-2H3,(H,13,14). The Morgan fingerprint density at radius 3 is 3.07 bits per heavy atom. The summed E-state index contributed by atoms with van der Waals surface area (Å²) < 4.78 is 5.29. The van der Waals surface area contributed by atoms with E-state index in [2.05, 4.69) is 25.2 Å². The molecule has 0 fully saturated rings. The first-order valence-corrected chi connectivity index (χ1v) is 5.27. The summed E-state index contributed by atoms with van der Waals surface area (Å²) >= 11 is 0. The van der Waals surface area contributed by atoms with Crippen LogP contribution in [0.25, 0.3) is 0 Å². The van der Waals surface area contributed by atoms with Gasteiger partial charge >= 0.3 is 0 Å². The van der Waals surface area contributed by atoms with Gasteiger partial charge in [0.2, 0.25) is 0 Å². The fourth-order valence-corrected chi connectivity index (χ4v) is 1.64. The van der Waals surface area contributed by atoms with Crippen LogP contribution in [-0.2, 0) is 4.79 Å². The van der Waals surface area contributed by atoms with Crippen LogP contribution in [0.5, 0.6) is 5.75 Å². The molecule has 1 atom stereocenters. The van der Waals surface area contributed by atoms with E-state index in [1.165, 1.54) is 5.56 Å². The van der Waals surface area contributed by atoms with Crippen LogP contribution in [0.4, 0.5) is 5.69 Å². The zero-order valence-corrected chi connectivity index (χ0v) is 9.04. The molecule has 1 aliphatic rings. The van der Waals surface area contributed by atoms with E-state index in [1.54, 1.807) is 0 Å². The molecule has 1 N–H and O–H groups in total. The molecule has 0 bridgehead atoms. The zero-order valence-electron chi connectivity index (χ0n) is 9.04. The van der Waals surface area contributed by atoms with Crippen molar-refractivity contribution in [1.29, 1.82) is 0 Å². The van der Waals surface area contributed by atoms with E-state index in [0.29, 0.717) is 5.92 Å². The van der Waals surface area contributed by atoms with Crippen LogP contribution in [-0.4, -0.2) is 12.5 Å². The summed E-state index contributed by atoms with van der Waals surface area (Å²) in [4.78, 5) is 11.1. The first kappa shape index (κ1) is 10.0. The lowest BCUT2D eigenvalue weighted by atomic mass is 9.98. The quantitative estimate of drug-likeness (QED) is 0.805. The fraction of sp³-hybridized carbons (Fsp3) is 0.417. The Kier molecular flexibility index (Phi) is 2.62. The molecule has 3 nitrogen and oxygen atoms in total. The maximum Gasteiger partial charge on any atom is 0.262 e. The SMILES string of the molecule is CCC(C)c1ccc2c(c1)NC(=O)CO2. The van der Waals surface area contributed by atoms with Gasteiger partial charge in [0.25, 0.3) is 5.91 Å². The second-order valence-corrected chi connectivity index (χ2v) is 3.90. The number of hydrogen-bond donors (Lipinski definition) is 1. The topological polar surface area (TPSA) is 38.3 Å². The molecule has 2 rings (SSSR count). The van der Waals surface area contributed by atoms with Crippen molar-refractivity contribution in [3.63, 3.8) is 0 Å². The van der Waals surface area contributed by atoms with Crippen molar-refractivity contribution in [2.75, 3.05) is 11.9 Å². The van der Waals surface area contributed by atoms with Crippen LogP contribution in [0.3, 0.4) is 0 Å². The Labute approximate surface area is 89.4 Å². The van der Waals surface area contributed by atoms with Gasteiger partial charge in [-0.2, -0.15) is 0 Å². The van der Waals surface area contributed by atoms with Crippen molar-refractivity contribution in [3.8, 4) is 5.75 Å². The monoisotopic (exact) mass is 205 g/mol. The number of anilines is 1. The van der Waals surface area contributed by atoms with Crippen LogP contribution in [0, 0.1) is 0 Å². The molecule has 0 saturated carbocycles. The molecule has 0 spiro atoms. The molecule has 1 heterocycles. The van der Waals surface area contributed by atoms with E-state index < -0.39 is 0 Å². The average molecular weight is 205 g/mol. The molecule has 1 amide bonds. The second-order valence-electron chi connectivity index (χ2n) is 3.90. The predicted octanol–water partition coefficient (Wildman–Crippen LogP) is 2.53. The predicted molar refractivity (Wildman–Crippen MR) is 59.3 cm³/mol. The number of rotatable bonds is 2. The summed E-state index contributed by atoms with van der Waals surface area (Å²) in [6.07, 6.45) is 1.09. The Hall–Kier alpha value is -1.51. The van der Waals surface area contributed by atoms with Gasteiger partial charge in [0.15, 0.2) is 6.61 Å². The molecular formula is C12H15NO2. The second kappa shape index (κ2) is 3.93. The molecule has 1 unspecified atom stereocenters. The van der Waals surface area contributed by atoms with Gasteiger partial charge in [-0.1, -0.05) is 19.9 Å². The summed E-state index contributed by atoms with van der Waals surface area (Å²) in [6, 6.07) is 5.99. The van der Waals surface area contributed by atoms with Gasteiger partial charge < -0.3 is 10.1 Å². The molecule has 15 heavy (non-hydrogen) atoms. The molecule has 0 radical (unpaired) electrons. The van der Waals surface area contributed by atoms with Crippen molar-refractivity contribution < 1.29 is 9.53 Å². The third-order valence-corrected chi connectivity index (χ3v) is 2.82. The number of carbonyl (C=O) groups is 1. The average Bonchev–Trinajstić information content (AvgIpc) is 2.27. The highest BCUT2D eigenvalue weighted by Crippen LogP contribution is 2.31. The highest BCUT2D eigenvalue weighted by molar-refractivity contribution is 5.95. The van der Waals surface area contributed by atoms with Crippen molar-refractivity contribution in [1.82, 2.24) is 0 Å². The van der Waals surface area contributed by atoms with Crippen LogP contribution in [0.2, 0.25) is 0 Å². The minimum absolute atomic E-state index is 0.0798. The molecule has 1 aromatic rings. The van der Waals surface area contributed by atoms with Gasteiger partial charge in [-0.15, -0.1) is 0 Å². The number of nitrogens with one attached hydrogen (secondary N) is 1. The fourth-order valence-electron chi connectivity index (χ4n) is 1.64. The lowest BCUT2D eigenvalue weighted by Gasteiger charge is -2.19. The first-order valence-electron chi connectivity index (χ1n) is 5.27. The highest BCUT2D eigenvalue weighted by atomic mass is 16.5. The number of fused-ring (bicyclic) bond motifs is 1. The largest absolute Gasteiger partial charge is 0.482 e. The zero-order chi connectivity index (χ0) is 10.8. The van der Waals surface area contributed by atoms with E-state index in [-0.39, 0.29) is 12.5 Å². The van der Waals surface area contributed by atoms with E-state index >= 15 is 0 Å². The third kappa shape index (κ3) is 1.96. The van der Waals surface area contributed by atoms with E-state index in [1.807, 2.05) is 12.1 Å². The highest BCUT2D eigenvalue weighted by Gasteiger charge is 2.16. The van der Waals surface area contributed by atoms with Gasteiger partial charge in [0.1, 0.15) is 5.75 Å². The number of hydrogen-bond acceptors (Lipinski definition) is 2. The van der Waals surface area contributed by atoms with Crippen molar-refractivity contribution in [2.45, 2.75) is 26.2 Å². The van der Waals surface area contributed by atoms with E-state index in [0.717, 1.165) is 17.9 Å². The Balaban J connectivity index is 2.32. The smallest absolute Gasteiger partial charge is 0.262 e. The molecule has 1 aromatic carbocycles. The van der Waals surface area contributed by atoms with Crippen LogP contribution in [0.1, 0.15) is 31.7 Å². The van der Waals surface area contributed by atoms with Crippen molar-refractivity contribution in [3.05, 3.63) is 23.8 Å². The Morgan fingerprint density at radius 2 is 2.33 bits per heavy atom. The van der Waals surface area contributed by atoms with Crippen molar-refractivity contribution in [2.24, 2.45) is 0 Å². The molecule has 0 aliphatic carbocycles. The molecule has 1 aliphatic heterocycles. The minimum Gasteiger partial charge on any atom is -0.482 e. The summed E-state index contributed by atoms with van der Waals surface area (Å²) in [5, 5.41) is 2.82. The minimum atomic E-state index is -0.0798. The Bertz CT molecular complexity index is 387. The van der Waals surface area contributed by atoms with Gasteiger partial charge in [0.05, 0.1) is 5.69 Å². The lowest BCUT2D eigenvalue weighted by molar-refractivity contribution is -0.118. The lowest BCUT2D eigenvalue weighted by Crippen LogP contribution is -2.25. The van der Waals surface area contributed by atoms with Gasteiger partial charge in [0, 0.05) is 0 Å². The maximum atomic E-state index is 11.1. The molecular weight excluding hydrogens is 190 g/mol. The van der Waals surface area contributed by atoms with Crippen LogP contribution < -0.4 is 10.1 Å².